The number of pyridine rings is 1. The van der Waals surface area contributed by atoms with E-state index in [-0.39, 0.29) is 17.8 Å². The Balaban J connectivity index is 1.41. The molecule has 0 saturated carbocycles. The van der Waals surface area contributed by atoms with E-state index in [0.717, 1.165) is 26.9 Å². The molecule has 3 heterocycles. The van der Waals surface area contributed by atoms with Gasteiger partial charge < -0.3 is 14.6 Å². The van der Waals surface area contributed by atoms with Crippen molar-refractivity contribution in [2.75, 3.05) is 4.90 Å². The summed E-state index contributed by atoms with van der Waals surface area (Å²) in [7, 11) is 0. The number of furan rings is 1. The Morgan fingerprint density at radius 1 is 1.00 bits per heavy atom. The van der Waals surface area contributed by atoms with Crippen molar-refractivity contribution in [3.8, 4) is 0 Å². The Bertz CT molecular complexity index is 1260. The van der Waals surface area contributed by atoms with Crippen LogP contribution in [0.1, 0.15) is 23.5 Å². The van der Waals surface area contributed by atoms with Gasteiger partial charge in [-0.2, -0.15) is 0 Å². The summed E-state index contributed by atoms with van der Waals surface area (Å²) in [6, 6.07) is 23.9. The van der Waals surface area contributed by atoms with E-state index in [4.69, 9.17) is 16.6 Å². The standard InChI is InChI=1S/C24H18N4O3S2/c29-28(30)17-8-12-19(13-9-17)33-18-10-6-16(7-11-18)27-23(21-5-3-15-31-21)22(26-24(27)32)20-4-1-2-14-25-20/h1-15,22-23H,(H,26,32)/t22-,23+/m0/s1. The highest BCUT2D eigenvalue weighted by molar-refractivity contribution is 7.99. The van der Waals surface area contributed by atoms with Crippen LogP contribution in [0.15, 0.2) is 106 Å². The normalized spacial score (nSPS) is 17.7. The lowest BCUT2D eigenvalue weighted by Crippen LogP contribution is -2.29. The Kier molecular flexibility index (Phi) is 5.80. The first kappa shape index (κ1) is 21.2. The van der Waals surface area contributed by atoms with Gasteiger partial charge in [0.15, 0.2) is 5.11 Å². The van der Waals surface area contributed by atoms with Crippen molar-refractivity contribution in [1.29, 1.82) is 0 Å². The molecule has 1 N–H and O–H groups in total. The monoisotopic (exact) mass is 474 g/mol. The molecule has 1 aliphatic heterocycles. The van der Waals surface area contributed by atoms with E-state index in [0.29, 0.717) is 5.11 Å². The first-order valence-corrected chi connectivity index (χ1v) is 11.4. The van der Waals surface area contributed by atoms with Crippen molar-refractivity contribution in [1.82, 2.24) is 10.3 Å². The van der Waals surface area contributed by atoms with Crippen LogP contribution in [-0.2, 0) is 0 Å². The molecule has 0 aliphatic carbocycles. The fraction of sp³-hybridized carbons (Fsp3) is 0.0833. The first-order chi connectivity index (χ1) is 16.1. The summed E-state index contributed by atoms with van der Waals surface area (Å²) in [6.07, 6.45) is 3.43. The zero-order valence-electron chi connectivity index (χ0n) is 17.2. The molecule has 2 atom stereocenters. The number of nitrogens with one attached hydrogen (secondary N) is 1. The smallest absolute Gasteiger partial charge is 0.269 e. The molecule has 0 unspecified atom stereocenters. The van der Waals surface area contributed by atoms with Gasteiger partial charge in [-0.15, -0.1) is 0 Å². The summed E-state index contributed by atoms with van der Waals surface area (Å²) < 4.78 is 5.78. The Morgan fingerprint density at radius 2 is 1.73 bits per heavy atom. The van der Waals surface area contributed by atoms with Crippen molar-refractivity contribution in [2.24, 2.45) is 0 Å². The highest BCUT2D eigenvalue weighted by Crippen LogP contribution is 2.42. The van der Waals surface area contributed by atoms with Gasteiger partial charge in [0.2, 0.25) is 0 Å². The van der Waals surface area contributed by atoms with Gasteiger partial charge in [0, 0.05) is 33.8 Å². The van der Waals surface area contributed by atoms with Gasteiger partial charge in [-0.3, -0.25) is 15.1 Å². The zero-order valence-corrected chi connectivity index (χ0v) is 18.8. The number of non-ortho nitro benzene ring substituents is 1. The first-order valence-electron chi connectivity index (χ1n) is 10.2. The Labute approximate surface area is 199 Å². The summed E-state index contributed by atoms with van der Waals surface area (Å²) in [6.45, 7) is 0. The molecule has 164 valence electrons. The number of thiocarbonyl (C=S) groups is 1. The average Bonchev–Trinajstić information content (AvgIpc) is 3.48. The van der Waals surface area contributed by atoms with E-state index in [9.17, 15) is 10.1 Å². The second-order valence-electron chi connectivity index (χ2n) is 7.36. The summed E-state index contributed by atoms with van der Waals surface area (Å²) in [5, 5.41) is 14.9. The number of hydrogen-bond acceptors (Lipinski definition) is 6. The molecule has 0 radical (unpaired) electrons. The lowest BCUT2D eigenvalue weighted by molar-refractivity contribution is -0.384. The van der Waals surface area contributed by atoms with Gasteiger partial charge in [-0.05, 0) is 72.9 Å². The highest BCUT2D eigenvalue weighted by atomic mass is 32.2. The molecule has 1 aliphatic rings. The molecule has 33 heavy (non-hydrogen) atoms. The van der Waals surface area contributed by atoms with Gasteiger partial charge in [0.05, 0.1) is 22.9 Å². The predicted octanol–water partition coefficient (Wildman–Crippen LogP) is 5.91. The van der Waals surface area contributed by atoms with E-state index in [2.05, 4.69) is 10.3 Å². The minimum absolute atomic E-state index is 0.0798. The van der Waals surface area contributed by atoms with Crippen molar-refractivity contribution in [3.63, 3.8) is 0 Å². The Hall–Kier alpha value is -3.69. The number of anilines is 1. The van der Waals surface area contributed by atoms with Crippen LogP contribution in [0.25, 0.3) is 0 Å². The number of nitrogens with zero attached hydrogens (tertiary/aromatic N) is 3. The third-order valence-electron chi connectivity index (χ3n) is 5.33. The minimum Gasteiger partial charge on any atom is -0.467 e. The van der Waals surface area contributed by atoms with E-state index in [1.807, 2.05) is 59.5 Å². The van der Waals surface area contributed by atoms with E-state index >= 15 is 0 Å². The van der Waals surface area contributed by atoms with Gasteiger partial charge in [0.25, 0.3) is 5.69 Å². The molecule has 0 bridgehead atoms. The van der Waals surface area contributed by atoms with Crippen LogP contribution < -0.4 is 10.2 Å². The molecule has 0 amide bonds. The lowest BCUT2D eigenvalue weighted by atomic mass is 10.0. The van der Waals surface area contributed by atoms with Crippen molar-refractivity contribution >= 4 is 40.5 Å². The van der Waals surface area contributed by atoms with E-state index < -0.39 is 4.92 Å². The highest BCUT2D eigenvalue weighted by Gasteiger charge is 2.42. The molecule has 9 heteroatoms. The van der Waals surface area contributed by atoms with Crippen molar-refractivity contribution in [3.05, 3.63) is 113 Å². The maximum absolute atomic E-state index is 10.9. The zero-order chi connectivity index (χ0) is 22.8. The second kappa shape index (κ2) is 9.05. The molecular weight excluding hydrogens is 456 g/mol. The SMILES string of the molecule is O=[N+]([O-])c1ccc(Sc2ccc(N3C(=S)N[C@@H](c4ccccn4)[C@H]3c3ccco3)cc2)cc1. The van der Waals surface area contributed by atoms with Crippen molar-refractivity contribution < 1.29 is 9.34 Å². The number of benzene rings is 2. The largest absolute Gasteiger partial charge is 0.467 e. The van der Waals surface area contributed by atoms with E-state index in [1.165, 1.54) is 23.9 Å². The third kappa shape index (κ3) is 4.33. The van der Waals surface area contributed by atoms with Crippen LogP contribution >= 0.6 is 24.0 Å². The van der Waals surface area contributed by atoms with Crippen LogP contribution in [0.3, 0.4) is 0 Å². The molecule has 2 aromatic heterocycles. The molecule has 4 aromatic rings. The van der Waals surface area contributed by atoms with Gasteiger partial charge in [0.1, 0.15) is 11.8 Å². The third-order valence-corrected chi connectivity index (χ3v) is 6.66. The van der Waals surface area contributed by atoms with Crippen LogP contribution in [0.5, 0.6) is 0 Å². The lowest BCUT2D eigenvalue weighted by Gasteiger charge is -2.26. The van der Waals surface area contributed by atoms with Crippen LogP contribution in [0.2, 0.25) is 0 Å². The number of aromatic nitrogens is 1. The second-order valence-corrected chi connectivity index (χ2v) is 8.89. The molecule has 1 fully saturated rings. The molecule has 5 rings (SSSR count). The van der Waals surface area contributed by atoms with E-state index in [1.54, 1.807) is 24.6 Å². The summed E-state index contributed by atoms with van der Waals surface area (Å²) in [4.78, 5) is 19.0. The van der Waals surface area contributed by atoms with Crippen molar-refractivity contribution in [2.45, 2.75) is 21.9 Å². The summed E-state index contributed by atoms with van der Waals surface area (Å²) in [5.41, 5.74) is 1.89. The summed E-state index contributed by atoms with van der Waals surface area (Å²) in [5.74, 6) is 0.794. The van der Waals surface area contributed by atoms with Crippen LogP contribution in [0, 0.1) is 10.1 Å². The fourth-order valence-electron chi connectivity index (χ4n) is 3.83. The van der Waals surface area contributed by atoms with Gasteiger partial charge in [-0.25, -0.2) is 0 Å². The topological polar surface area (TPSA) is 84.4 Å². The predicted molar refractivity (Wildman–Crippen MR) is 130 cm³/mol. The number of hydrogen-bond donors (Lipinski definition) is 1. The number of nitro groups is 1. The Morgan fingerprint density at radius 3 is 2.33 bits per heavy atom. The minimum atomic E-state index is -0.399. The molecular formula is C24H18N4O3S2. The quantitative estimate of drug-likeness (QED) is 0.210. The van der Waals surface area contributed by atoms with Crippen LogP contribution in [0.4, 0.5) is 11.4 Å². The average molecular weight is 475 g/mol. The van der Waals surface area contributed by atoms with Gasteiger partial charge >= 0.3 is 0 Å². The molecule has 2 aromatic carbocycles. The maximum atomic E-state index is 10.9. The maximum Gasteiger partial charge on any atom is 0.269 e. The summed E-state index contributed by atoms with van der Waals surface area (Å²) >= 11 is 7.24. The molecule has 7 nitrogen and oxygen atoms in total. The number of rotatable bonds is 6. The van der Waals surface area contributed by atoms with Crippen LogP contribution in [-0.4, -0.2) is 15.0 Å². The molecule has 1 saturated heterocycles. The number of nitro benzene ring substituents is 1. The van der Waals surface area contributed by atoms with Gasteiger partial charge in [-0.1, -0.05) is 17.8 Å². The molecule has 0 spiro atoms. The fourth-order valence-corrected chi connectivity index (χ4v) is 4.99.